The minimum Gasteiger partial charge on any atom is -0.497 e. The number of furan rings is 1. The summed E-state index contributed by atoms with van der Waals surface area (Å²) < 4.78 is 11.6. The Morgan fingerprint density at radius 1 is 1.19 bits per heavy atom. The normalized spacial score (nSPS) is 10.8. The van der Waals surface area contributed by atoms with Gasteiger partial charge in [0, 0.05) is 15.4 Å². The third-order valence-corrected chi connectivity index (χ3v) is 4.07. The first-order chi connectivity index (χ1) is 10.1. The number of hydrogen-bond acceptors (Lipinski definition) is 3. The molecule has 0 bridgehead atoms. The Hall–Kier alpha value is -2.07. The van der Waals surface area contributed by atoms with Crippen molar-refractivity contribution in [1.82, 2.24) is 0 Å². The van der Waals surface area contributed by atoms with Gasteiger partial charge in [-0.05, 0) is 36.8 Å². The van der Waals surface area contributed by atoms with Crippen molar-refractivity contribution < 1.29 is 13.9 Å². The maximum Gasteiger partial charge on any atom is 0.229 e. The second kappa shape index (κ2) is 5.37. The minimum atomic E-state index is -0.170. The highest BCUT2D eigenvalue weighted by molar-refractivity contribution is 9.10. The SMILES string of the molecule is COc1ccc(Br)c(C(=O)c2cc3cccc(C)c3o2)c1. The van der Waals surface area contributed by atoms with E-state index in [1.807, 2.05) is 25.1 Å². The summed E-state index contributed by atoms with van der Waals surface area (Å²) in [5, 5.41) is 0.928. The fourth-order valence-electron chi connectivity index (χ4n) is 2.26. The van der Waals surface area contributed by atoms with Gasteiger partial charge in [0.1, 0.15) is 11.3 Å². The van der Waals surface area contributed by atoms with Gasteiger partial charge >= 0.3 is 0 Å². The zero-order valence-corrected chi connectivity index (χ0v) is 13.2. The van der Waals surface area contributed by atoms with Crippen molar-refractivity contribution in [2.75, 3.05) is 7.11 Å². The summed E-state index contributed by atoms with van der Waals surface area (Å²) in [4.78, 5) is 12.6. The summed E-state index contributed by atoms with van der Waals surface area (Å²) in [5.41, 5.74) is 2.28. The molecule has 0 saturated carbocycles. The highest BCUT2D eigenvalue weighted by atomic mass is 79.9. The van der Waals surface area contributed by atoms with Crippen LogP contribution < -0.4 is 4.74 Å². The number of halogens is 1. The topological polar surface area (TPSA) is 39.4 Å². The van der Waals surface area contributed by atoms with E-state index >= 15 is 0 Å². The van der Waals surface area contributed by atoms with E-state index in [1.165, 1.54) is 0 Å². The number of ether oxygens (including phenoxy) is 1. The third kappa shape index (κ3) is 2.47. The van der Waals surface area contributed by atoms with Crippen LogP contribution in [-0.4, -0.2) is 12.9 Å². The molecule has 106 valence electrons. The summed E-state index contributed by atoms with van der Waals surface area (Å²) in [7, 11) is 1.57. The van der Waals surface area contributed by atoms with Gasteiger partial charge in [-0.3, -0.25) is 4.79 Å². The largest absolute Gasteiger partial charge is 0.497 e. The van der Waals surface area contributed by atoms with E-state index in [4.69, 9.17) is 9.15 Å². The van der Waals surface area contributed by atoms with Crippen LogP contribution in [0.5, 0.6) is 5.75 Å². The predicted molar refractivity (Wildman–Crippen MR) is 85.1 cm³/mol. The average Bonchev–Trinajstić information content (AvgIpc) is 2.93. The Balaban J connectivity index is 2.10. The monoisotopic (exact) mass is 344 g/mol. The number of ketones is 1. The van der Waals surface area contributed by atoms with Gasteiger partial charge in [0.05, 0.1) is 7.11 Å². The molecule has 0 saturated heterocycles. The molecule has 0 N–H and O–H groups in total. The number of rotatable bonds is 3. The van der Waals surface area contributed by atoms with Crippen LogP contribution in [0.1, 0.15) is 21.7 Å². The number of carbonyl (C=O) groups is 1. The predicted octanol–water partition coefficient (Wildman–Crippen LogP) is 4.74. The van der Waals surface area contributed by atoms with E-state index in [9.17, 15) is 4.79 Å². The second-order valence-electron chi connectivity index (χ2n) is 4.78. The molecule has 1 aromatic heterocycles. The van der Waals surface area contributed by atoms with Gasteiger partial charge in [-0.15, -0.1) is 0 Å². The molecule has 0 amide bonds. The molecule has 2 aromatic carbocycles. The standard InChI is InChI=1S/C17H13BrO3/c1-10-4-3-5-11-8-15(21-17(10)11)16(19)13-9-12(20-2)6-7-14(13)18/h3-9H,1-2H3. The van der Waals surface area contributed by atoms with Crippen LogP contribution in [0.25, 0.3) is 11.0 Å². The van der Waals surface area contributed by atoms with Crippen molar-refractivity contribution in [3.05, 3.63) is 63.8 Å². The Labute approximate surface area is 130 Å². The van der Waals surface area contributed by atoms with Crippen molar-refractivity contribution in [2.45, 2.75) is 6.92 Å². The van der Waals surface area contributed by atoms with E-state index in [1.54, 1.807) is 31.4 Å². The lowest BCUT2D eigenvalue weighted by atomic mass is 10.1. The molecule has 3 rings (SSSR count). The minimum absolute atomic E-state index is 0.170. The Bertz CT molecular complexity index is 833. The van der Waals surface area contributed by atoms with Crippen molar-refractivity contribution in [3.63, 3.8) is 0 Å². The maximum atomic E-state index is 12.6. The van der Waals surface area contributed by atoms with Crippen molar-refractivity contribution >= 4 is 32.7 Å². The summed E-state index contributed by atoms with van der Waals surface area (Å²) in [6, 6.07) is 12.9. The molecule has 0 aliphatic carbocycles. The van der Waals surface area contributed by atoms with Crippen LogP contribution in [0.15, 0.2) is 51.4 Å². The maximum absolute atomic E-state index is 12.6. The first-order valence-electron chi connectivity index (χ1n) is 6.47. The fourth-order valence-corrected chi connectivity index (χ4v) is 2.69. The molecule has 0 fully saturated rings. The van der Waals surface area contributed by atoms with Gasteiger partial charge in [-0.25, -0.2) is 0 Å². The number of fused-ring (bicyclic) bond motifs is 1. The van der Waals surface area contributed by atoms with Crippen molar-refractivity contribution in [3.8, 4) is 5.75 Å². The van der Waals surface area contributed by atoms with E-state index < -0.39 is 0 Å². The zero-order chi connectivity index (χ0) is 15.0. The third-order valence-electron chi connectivity index (χ3n) is 3.38. The van der Waals surface area contributed by atoms with Gasteiger partial charge in [-0.1, -0.05) is 34.1 Å². The molecule has 0 aliphatic heterocycles. The fraction of sp³-hybridized carbons (Fsp3) is 0.118. The van der Waals surface area contributed by atoms with Crippen LogP contribution in [0.3, 0.4) is 0 Å². The van der Waals surface area contributed by atoms with Crippen LogP contribution in [0, 0.1) is 6.92 Å². The molecule has 0 aliphatic rings. The molecule has 4 heteroatoms. The summed E-state index contributed by atoms with van der Waals surface area (Å²) >= 11 is 3.40. The zero-order valence-electron chi connectivity index (χ0n) is 11.6. The Morgan fingerprint density at radius 3 is 2.71 bits per heavy atom. The number of benzene rings is 2. The number of aryl methyl sites for hydroxylation is 1. The first kappa shape index (κ1) is 13.9. The smallest absolute Gasteiger partial charge is 0.229 e. The van der Waals surface area contributed by atoms with Gasteiger partial charge in [0.25, 0.3) is 0 Å². The Morgan fingerprint density at radius 2 is 2.00 bits per heavy atom. The van der Waals surface area contributed by atoms with Crippen LogP contribution >= 0.6 is 15.9 Å². The van der Waals surface area contributed by atoms with Crippen LogP contribution in [-0.2, 0) is 0 Å². The number of para-hydroxylation sites is 1. The number of hydrogen-bond donors (Lipinski definition) is 0. The van der Waals surface area contributed by atoms with Crippen LogP contribution in [0.2, 0.25) is 0 Å². The molecule has 1 heterocycles. The van der Waals surface area contributed by atoms with Crippen molar-refractivity contribution in [2.24, 2.45) is 0 Å². The molecule has 0 unspecified atom stereocenters. The molecule has 3 nitrogen and oxygen atoms in total. The van der Waals surface area contributed by atoms with E-state index in [2.05, 4.69) is 15.9 Å². The lowest BCUT2D eigenvalue weighted by Gasteiger charge is -2.04. The van der Waals surface area contributed by atoms with E-state index in [-0.39, 0.29) is 5.78 Å². The molecule has 0 spiro atoms. The number of methoxy groups -OCH3 is 1. The quantitative estimate of drug-likeness (QED) is 0.644. The summed E-state index contributed by atoms with van der Waals surface area (Å²) in [6.07, 6.45) is 0. The summed E-state index contributed by atoms with van der Waals surface area (Å²) in [6.45, 7) is 1.96. The van der Waals surface area contributed by atoms with E-state index in [0.29, 0.717) is 21.5 Å². The molecular formula is C17H13BrO3. The van der Waals surface area contributed by atoms with Gasteiger partial charge in [-0.2, -0.15) is 0 Å². The molecule has 0 radical (unpaired) electrons. The Kier molecular flexibility index (Phi) is 3.55. The van der Waals surface area contributed by atoms with Gasteiger partial charge < -0.3 is 9.15 Å². The summed E-state index contributed by atoms with van der Waals surface area (Å²) in [5.74, 6) is 0.790. The lowest BCUT2D eigenvalue weighted by molar-refractivity contribution is 0.101. The highest BCUT2D eigenvalue weighted by Crippen LogP contribution is 2.28. The highest BCUT2D eigenvalue weighted by Gasteiger charge is 2.18. The van der Waals surface area contributed by atoms with E-state index in [0.717, 1.165) is 16.5 Å². The molecular weight excluding hydrogens is 332 g/mol. The number of carbonyl (C=O) groups excluding carboxylic acids is 1. The molecule has 3 aromatic rings. The lowest BCUT2D eigenvalue weighted by Crippen LogP contribution is -2.01. The van der Waals surface area contributed by atoms with Gasteiger partial charge in [0.15, 0.2) is 5.76 Å². The second-order valence-corrected chi connectivity index (χ2v) is 5.63. The van der Waals surface area contributed by atoms with Gasteiger partial charge in [0.2, 0.25) is 5.78 Å². The average molecular weight is 345 g/mol. The molecule has 0 atom stereocenters. The van der Waals surface area contributed by atoms with Crippen LogP contribution in [0.4, 0.5) is 0 Å². The first-order valence-corrected chi connectivity index (χ1v) is 7.27. The van der Waals surface area contributed by atoms with Crippen molar-refractivity contribution in [1.29, 1.82) is 0 Å². The molecule has 21 heavy (non-hydrogen) atoms.